The summed E-state index contributed by atoms with van der Waals surface area (Å²) in [4.78, 5) is 11.2. The van der Waals surface area contributed by atoms with E-state index in [1.807, 2.05) is 0 Å². The fourth-order valence-electron chi connectivity index (χ4n) is 4.35. The summed E-state index contributed by atoms with van der Waals surface area (Å²) in [5, 5.41) is 0. The molecule has 0 saturated heterocycles. The second-order valence-electron chi connectivity index (χ2n) is 5.31. The van der Waals surface area contributed by atoms with E-state index in [0.29, 0.717) is 5.92 Å². The number of fused-ring (bicyclic) bond motifs is 5. The minimum absolute atomic E-state index is 0.00197. The Labute approximate surface area is 95.3 Å². The van der Waals surface area contributed by atoms with Gasteiger partial charge in [-0.05, 0) is 49.9 Å². The quantitative estimate of drug-likeness (QED) is 0.537. The van der Waals surface area contributed by atoms with E-state index in [0.717, 1.165) is 24.2 Å². The predicted molar refractivity (Wildman–Crippen MR) is 57.6 cm³/mol. The Morgan fingerprint density at radius 1 is 1.20 bits per heavy atom. The van der Waals surface area contributed by atoms with E-state index in [9.17, 15) is 4.79 Å². The Morgan fingerprint density at radius 2 is 2.00 bits per heavy atom. The summed E-state index contributed by atoms with van der Waals surface area (Å²) in [5.74, 6) is 3.09. The molecular formula is C12H17ClO2. The van der Waals surface area contributed by atoms with E-state index in [4.69, 9.17) is 16.3 Å². The number of rotatable bonds is 2. The van der Waals surface area contributed by atoms with Gasteiger partial charge >= 0.3 is 5.97 Å². The molecule has 3 heteroatoms. The average molecular weight is 229 g/mol. The highest BCUT2D eigenvalue weighted by molar-refractivity contribution is 6.26. The molecule has 15 heavy (non-hydrogen) atoms. The molecule has 0 N–H and O–H groups in total. The van der Waals surface area contributed by atoms with Crippen molar-refractivity contribution in [3.63, 3.8) is 0 Å². The van der Waals surface area contributed by atoms with Crippen molar-refractivity contribution >= 4 is 17.6 Å². The first-order valence-corrected chi connectivity index (χ1v) is 6.58. The molecule has 2 nitrogen and oxygen atoms in total. The molecule has 2 bridgehead atoms. The Morgan fingerprint density at radius 3 is 2.80 bits per heavy atom. The monoisotopic (exact) mass is 228 g/mol. The zero-order chi connectivity index (χ0) is 10.4. The van der Waals surface area contributed by atoms with Crippen LogP contribution in [-0.4, -0.2) is 18.0 Å². The van der Waals surface area contributed by atoms with E-state index < -0.39 is 0 Å². The molecule has 0 aromatic heterocycles. The van der Waals surface area contributed by atoms with Crippen LogP contribution >= 0.6 is 11.6 Å². The zero-order valence-corrected chi connectivity index (χ0v) is 9.58. The number of halogens is 1. The Hall–Kier alpha value is -0.240. The minimum Gasteiger partial charge on any atom is -0.461 e. The van der Waals surface area contributed by atoms with Crippen molar-refractivity contribution in [3.8, 4) is 0 Å². The Balaban J connectivity index is 1.70. The lowest BCUT2D eigenvalue weighted by Gasteiger charge is -2.28. The second kappa shape index (κ2) is 3.65. The lowest BCUT2D eigenvalue weighted by atomic mass is 9.81. The summed E-state index contributed by atoms with van der Waals surface area (Å²) in [6, 6.07) is 0. The maximum Gasteiger partial charge on any atom is 0.321 e. The first kappa shape index (κ1) is 9.95. The topological polar surface area (TPSA) is 26.3 Å². The van der Waals surface area contributed by atoms with Gasteiger partial charge in [0.1, 0.15) is 12.0 Å². The van der Waals surface area contributed by atoms with Crippen molar-refractivity contribution in [2.24, 2.45) is 23.7 Å². The molecule has 0 aliphatic heterocycles. The van der Waals surface area contributed by atoms with Crippen LogP contribution in [-0.2, 0) is 9.53 Å². The highest BCUT2D eigenvalue weighted by Gasteiger charge is 2.54. The molecule has 0 aromatic carbocycles. The van der Waals surface area contributed by atoms with Crippen molar-refractivity contribution in [2.75, 3.05) is 5.88 Å². The van der Waals surface area contributed by atoms with Crippen molar-refractivity contribution in [3.05, 3.63) is 0 Å². The van der Waals surface area contributed by atoms with Gasteiger partial charge in [0.2, 0.25) is 0 Å². The normalized spacial score (nSPS) is 46.9. The van der Waals surface area contributed by atoms with Crippen molar-refractivity contribution in [1.82, 2.24) is 0 Å². The molecule has 3 fully saturated rings. The fraction of sp³-hybridized carbons (Fsp3) is 0.917. The molecule has 3 aliphatic rings. The van der Waals surface area contributed by atoms with E-state index in [1.54, 1.807) is 0 Å². The largest absolute Gasteiger partial charge is 0.461 e. The first-order valence-electron chi connectivity index (χ1n) is 6.05. The van der Waals surface area contributed by atoms with Gasteiger partial charge in [-0.15, -0.1) is 11.6 Å². The Bertz CT molecular complexity index is 279. The number of hydrogen-bond donors (Lipinski definition) is 0. The van der Waals surface area contributed by atoms with Gasteiger partial charge in [0, 0.05) is 5.92 Å². The molecular weight excluding hydrogens is 212 g/mol. The van der Waals surface area contributed by atoms with Gasteiger partial charge in [0.25, 0.3) is 0 Å². The van der Waals surface area contributed by atoms with Gasteiger partial charge in [-0.1, -0.05) is 0 Å². The molecule has 0 heterocycles. The summed E-state index contributed by atoms with van der Waals surface area (Å²) in [6.07, 6.45) is 6.71. The first-order chi connectivity index (χ1) is 7.29. The van der Waals surface area contributed by atoms with E-state index in [2.05, 4.69) is 0 Å². The Kier molecular flexibility index (Phi) is 2.42. The summed E-state index contributed by atoms with van der Waals surface area (Å²) in [5.41, 5.74) is 0. The average Bonchev–Trinajstić information content (AvgIpc) is 2.89. The van der Waals surface area contributed by atoms with E-state index in [-0.39, 0.29) is 18.0 Å². The van der Waals surface area contributed by atoms with Crippen LogP contribution in [0.25, 0.3) is 0 Å². The standard InChI is InChI=1S/C12H17ClO2/c13-6-11(14)15-10-4-3-9-7-1-2-8(5-7)12(9)10/h7-10,12H,1-6H2/t7-,8-,9-,10+,12+/m0/s1. The van der Waals surface area contributed by atoms with Crippen molar-refractivity contribution < 1.29 is 9.53 Å². The highest BCUT2D eigenvalue weighted by atomic mass is 35.5. The van der Waals surface area contributed by atoms with Gasteiger partial charge in [-0.25, -0.2) is 0 Å². The molecule has 3 aliphatic carbocycles. The van der Waals surface area contributed by atoms with E-state index in [1.165, 1.54) is 25.7 Å². The molecule has 3 rings (SSSR count). The predicted octanol–water partition coefficient (Wildman–Crippen LogP) is 2.59. The molecule has 0 radical (unpaired) electrons. The van der Waals surface area contributed by atoms with Gasteiger partial charge in [0.05, 0.1) is 0 Å². The number of hydrogen-bond acceptors (Lipinski definition) is 2. The number of carbonyl (C=O) groups excluding carboxylic acids is 1. The summed E-state index contributed by atoms with van der Waals surface area (Å²) < 4.78 is 5.46. The van der Waals surface area contributed by atoms with Crippen LogP contribution in [0.2, 0.25) is 0 Å². The fourth-order valence-corrected chi connectivity index (χ4v) is 4.41. The molecule has 5 atom stereocenters. The van der Waals surface area contributed by atoms with E-state index >= 15 is 0 Å². The molecule has 0 aromatic rings. The van der Waals surface area contributed by atoms with Gasteiger partial charge in [0.15, 0.2) is 0 Å². The van der Waals surface area contributed by atoms with Crippen LogP contribution in [0.1, 0.15) is 32.1 Å². The van der Waals surface area contributed by atoms with Crippen molar-refractivity contribution in [2.45, 2.75) is 38.2 Å². The molecule has 3 saturated carbocycles. The van der Waals surface area contributed by atoms with Crippen molar-refractivity contribution in [1.29, 1.82) is 0 Å². The lowest BCUT2D eigenvalue weighted by molar-refractivity contribution is -0.148. The van der Waals surface area contributed by atoms with Crippen LogP contribution in [0.15, 0.2) is 0 Å². The third-order valence-electron chi connectivity index (χ3n) is 4.76. The van der Waals surface area contributed by atoms with Crippen LogP contribution in [0.3, 0.4) is 0 Å². The summed E-state index contributed by atoms with van der Waals surface area (Å²) in [6.45, 7) is 0. The van der Waals surface area contributed by atoms with Crippen LogP contribution in [0.4, 0.5) is 0 Å². The van der Waals surface area contributed by atoms with Gasteiger partial charge in [-0.2, -0.15) is 0 Å². The number of esters is 1. The number of alkyl halides is 1. The molecule has 0 unspecified atom stereocenters. The maximum absolute atomic E-state index is 11.2. The third-order valence-corrected chi connectivity index (χ3v) is 4.98. The van der Waals surface area contributed by atoms with Crippen LogP contribution in [0.5, 0.6) is 0 Å². The second-order valence-corrected chi connectivity index (χ2v) is 5.58. The van der Waals surface area contributed by atoms with Crippen LogP contribution < -0.4 is 0 Å². The SMILES string of the molecule is O=C(CCl)O[C@@H]1CC[C@H]2[C@H]3CC[C@@H](C3)[C@H]21. The highest BCUT2D eigenvalue weighted by Crippen LogP contribution is 2.59. The number of carbonyl (C=O) groups is 1. The van der Waals surface area contributed by atoms with Gasteiger partial charge < -0.3 is 4.74 Å². The zero-order valence-electron chi connectivity index (χ0n) is 8.82. The summed E-state index contributed by atoms with van der Waals surface area (Å²) in [7, 11) is 0. The molecule has 84 valence electrons. The van der Waals surface area contributed by atoms with Gasteiger partial charge in [-0.3, -0.25) is 4.79 Å². The smallest absolute Gasteiger partial charge is 0.321 e. The maximum atomic E-state index is 11.2. The third kappa shape index (κ3) is 1.49. The molecule has 0 spiro atoms. The molecule has 0 amide bonds. The van der Waals surface area contributed by atoms with Crippen LogP contribution in [0, 0.1) is 23.7 Å². The summed E-state index contributed by atoms with van der Waals surface area (Å²) >= 11 is 5.48. The minimum atomic E-state index is -0.231. The lowest BCUT2D eigenvalue weighted by Crippen LogP contribution is -2.29. The number of ether oxygens (including phenoxy) is 1.